The minimum Gasteiger partial charge on any atom is -0.481 e. The van der Waals surface area contributed by atoms with Crippen molar-refractivity contribution in [1.29, 1.82) is 0 Å². The van der Waals surface area contributed by atoms with Gasteiger partial charge in [-0.2, -0.15) is 18.3 Å². The predicted molar refractivity (Wildman–Crippen MR) is 86.3 cm³/mol. The summed E-state index contributed by atoms with van der Waals surface area (Å²) >= 11 is 1.01. The van der Waals surface area contributed by atoms with E-state index in [1.807, 2.05) is 6.92 Å². The Balaban J connectivity index is 2.33. The maximum atomic E-state index is 13.1. The van der Waals surface area contributed by atoms with Crippen LogP contribution in [0.5, 0.6) is 0 Å². The zero-order chi connectivity index (χ0) is 18.6. The number of aliphatic carboxylic acids is 1. The zero-order valence-electron chi connectivity index (χ0n) is 13.7. The molecule has 0 aliphatic rings. The van der Waals surface area contributed by atoms with Crippen molar-refractivity contribution in [2.75, 3.05) is 5.75 Å². The van der Waals surface area contributed by atoms with Gasteiger partial charge in [-0.05, 0) is 26.3 Å². The molecule has 0 saturated carbocycles. The van der Waals surface area contributed by atoms with Gasteiger partial charge < -0.3 is 5.11 Å². The Morgan fingerprint density at radius 1 is 1.36 bits per heavy atom. The molecule has 0 aliphatic carbocycles. The SMILES string of the molecule is CCn1cc(-c2cc(C(F)(F)F)nc(SCCCC(=O)O)n2)c(C)n1. The summed E-state index contributed by atoms with van der Waals surface area (Å²) in [5.41, 5.74) is 0.222. The zero-order valence-corrected chi connectivity index (χ0v) is 14.5. The van der Waals surface area contributed by atoms with Crippen LogP contribution < -0.4 is 0 Å². The molecule has 0 aromatic carbocycles. The quantitative estimate of drug-likeness (QED) is 0.453. The number of carboxylic acid groups (broad SMARTS) is 1. The molecule has 0 spiro atoms. The minimum atomic E-state index is -4.59. The van der Waals surface area contributed by atoms with E-state index in [1.54, 1.807) is 17.8 Å². The van der Waals surface area contributed by atoms with Crippen LogP contribution in [0.1, 0.15) is 31.2 Å². The van der Waals surface area contributed by atoms with Crippen LogP contribution in [0.2, 0.25) is 0 Å². The summed E-state index contributed by atoms with van der Waals surface area (Å²) in [5.74, 6) is -0.630. The second-order valence-electron chi connectivity index (χ2n) is 5.25. The third-order valence-corrected chi connectivity index (χ3v) is 4.24. The van der Waals surface area contributed by atoms with E-state index in [0.717, 1.165) is 17.8 Å². The minimum absolute atomic E-state index is 0.0288. The molecule has 0 amide bonds. The molecule has 136 valence electrons. The number of hydrogen-bond donors (Lipinski definition) is 1. The maximum absolute atomic E-state index is 13.1. The first-order valence-corrected chi connectivity index (χ1v) is 8.54. The molecule has 0 radical (unpaired) electrons. The summed E-state index contributed by atoms with van der Waals surface area (Å²) < 4.78 is 41.0. The molecule has 0 bridgehead atoms. The van der Waals surface area contributed by atoms with E-state index in [9.17, 15) is 18.0 Å². The molecule has 1 N–H and O–H groups in total. The van der Waals surface area contributed by atoms with Crippen molar-refractivity contribution >= 4 is 17.7 Å². The molecule has 0 saturated heterocycles. The highest BCUT2D eigenvalue weighted by atomic mass is 32.2. The van der Waals surface area contributed by atoms with Gasteiger partial charge in [-0.25, -0.2) is 9.97 Å². The Kier molecular flexibility index (Phi) is 6.04. The highest BCUT2D eigenvalue weighted by Gasteiger charge is 2.34. The summed E-state index contributed by atoms with van der Waals surface area (Å²) in [5, 5.41) is 12.8. The number of carboxylic acids is 1. The Hall–Kier alpha value is -2.10. The Morgan fingerprint density at radius 2 is 2.08 bits per heavy atom. The highest BCUT2D eigenvalue weighted by molar-refractivity contribution is 7.99. The Bertz CT molecular complexity index is 762. The van der Waals surface area contributed by atoms with Crippen LogP contribution in [0.3, 0.4) is 0 Å². The Morgan fingerprint density at radius 3 is 2.64 bits per heavy atom. The van der Waals surface area contributed by atoms with E-state index < -0.39 is 17.8 Å². The number of halogens is 3. The average molecular weight is 374 g/mol. The molecule has 0 fully saturated rings. The van der Waals surface area contributed by atoms with Crippen LogP contribution in [-0.2, 0) is 17.5 Å². The summed E-state index contributed by atoms with van der Waals surface area (Å²) in [6, 6.07) is 0.908. The molecule has 2 heterocycles. The van der Waals surface area contributed by atoms with E-state index in [2.05, 4.69) is 15.1 Å². The summed E-state index contributed by atoms with van der Waals surface area (Å²) in [7, 11) is 0. The summed E-state index contributed by atoms with van der Waals surface area (Å²) in [4.78, 5) is 18.3. The molecule has 6 nitrogen and oxygen atoms in total. The molecule has 2 aromatic heterocycles. The lowest BCUT2D eigenvalue weighted by molar-refractivity contribution is -0.141. The van der Waals surface area contributed by atoms with Gasteiger partial charge in [0, 0.05) is 30.5 Å². The average Bonchev–Trinajstić information content (AvgIpc) is 2.91. The smallest absolute Gasteiger partial charge is 0.433 e. The van der Waals surface area contributed by atoms with E-state index in [-0.39, 0.29) is 17.3 Å². The first kappa shape index (κ1) is 19.2. The normalized spacial score (nSPS) is 11.7. The first-order valence-electron chi connectivity index (χ1n) is 7.56. The maximum Gasteiger partial charge on any atom is 0.433 e. The lowest BCUT2D eigenvalue weighted by Crippen LogP contribution is -2.10. The monoisotopic (exact) mass is 374 g/mol. The second-order valence-corrected chi connectivity index (χ2v) is 6.31. The van der Waals surface area contributed by atoms with Crippen LogP contribution >= 0.6 is 11.8 Å². The van der Waals surface area contributed by atoms with Crippen molar-refractivity contribution in [2.45, 2.75) is 44.6 Å². The van der Waals surface area contributed by atoms with Crippen LogP contribution in [-0.4, -0.2) is 36.6 Å². The van der Waals surface area contributed by atoms with Crippen LogP contribution in [0.25, 0.3) is 11.3 Å². The van der Waals surface area contributed by atoms with Gasteiger partial charge in [-0.3, -0.25) is 9.48 Å². The van der Waals surface area contributed by atoms with E-state index in [0.29, 0.717) is 30.0 Å². The van der Waals surface area contributed by atoms with Crippen molar-refractivity contribution in [2.24, 2.45) is 0 Å². The van der Waals surface area contributed by atoms with Crippen molar-refractivity contribution in [3.8, 4) is 11.3 Å². The molecule has 2 rings (SSSR count). The summed E-state index contributed by atoms with van der Waals surface area (Å²) in [6.07, 6.45) is -2.68. The van der Waals surface area contributed by atoms with E-state index >= 15 is 0 Å². The number of alkyl halides is 3. The van der Waals surface area contributed by atoms with Gasteiger partial charge in [0.2, 0.25) is 0 Å². The van der Waals surface area contributed by atoms with Gasteiger partial charge in [0.25, 0.3) is 0 Å². The van der Waals surface area contributed by atoms with Crippen molar-refractivity contribution in [3.05, 3.63) is 23.7 Å². The number of aromatic nitrogens is 4. The van der Waals surface area contributed by atoms with Gasteiger partial charge in [-0.1, -0.05) is 11.8 Å². The van der Waals surface area contributed by atoms with Gasteiger partial charge in [-0.15, -0.1) is 0 Å². The molecule has 10 heteroatoms. The van der Waals surface area contributed by atoms with Gasteiger partial charge in [0.05, 0.1) is 11.4 Å². The fourth-order valence-corrected chi connectivity index (χ4v) is 2.89. The molecular formula is C15H17F3N4O2S. The molecular weight excluding hydrogens is 357 g/mol. The molecule has 0 unspecified atom stereocenters. The number of thioether (sulfide) groups is 1. The standard InChI is InChI=1S/C15H17F3N4O2S/c1-3-22-8-10(9(2)21-22)11-7-12(15(16,17)18)20-14(19-11)25-6-4-5-13(23)24/h7-8H,3-6H2,1-2H3,(H,23,24). The van der Waals surface area contributed by atoms with Crippen LogP contribution in [0, 0.1) is 6.92 Å². The van der Waals surface area contributed by atoms with Gasteiger partial charge in [0.1, 0.15) is 5.69 Å². The predicted octanol–water partition coefficient (Wildman–Crippen LogP) is 3.64. The third kappa shape index (κ3) is 5.18. The Labute approximate surface area is 146 Å². The fourth-order valence-electron chi connectivity index (χ4n) is 2.09. The first-order chi connectivity index (χ1) is 11.7. The molecule has 25 heavy (non-hydrogen) atoms. The van der Waals surface area contributed by atoms with E-state index in [1.165, 1.54) is 0 Å². The van der Waals surface area contributed by atoms with Crippen molar-refractivity contribution in [3.63, 3.8) is 0 Å². The second kappa shape index (κ2) is 7.85. The molecule has 0 atom stereocenters. The molecule has 0 aliphatic heterocycles. The van der Waals surface area contributed by atoms with Gasteiger partial charge in [0.15, 0.2) is 5.16 Å². The van der Waals surface area contributed by atoms with Crippen LogP contribution in [0.4, 0.5) is 13.2 Å². The number of aryl methyl sites for hydroxylation is 2. The van der Waals surface area contributed by atoms with Gasteiger partial charge >= 0.3 is 12.1 Å². The molecule has 2 aromatic rings. The van der Waals surface area contributed by atoms with Crippen molar-refractivity contribution in [1.82, 2.24) is 19.7 Å². The van der Waals surface area contributed by atoms with E-state index in [4.69, 9.17) is 5.11 Å². The fraction of sp³-hybridized carbons (Fsp3) is 0.467. The number of carbonyl (C=O) groups is 1. The van der Waals surface area contributed by atoms with Crippen molar-refractivity contribution < 1.29 is 23.1 Å². The lowest BCUT2D eigenvalue weighted by Gasteiger charge is -2.10. The summed E-state index contributed by atoms with van der Waals surface area (Å²) in [6.45, 7) is 4.17. The lowest BCUT2D eigenvalue weighted by atomic mass is 10.1. The third-order valence-electron chi connectivity index (χ3n) is 3.31. The number of hydrogen-bond acceptors (Lipinski definition) is 5. The topological polar surface area (TPSA) is 80.9 Å². The van der Waals surface area contributed by atoms with Crippen LogP contribution in [0.15, 0.2) is 17.4 Å². The highest BCUT2D eigenvalue weighted by Crippen LogP contribution is 2.32. The number of nitrogens with zero attached hydrogens (tertiary/aromatic N) is 4. The largest absolute Gasteiger partial charge is 0.481 e. The number of rotatable bonds is 7.